The maximum absolute atomic E-state index is 6.22. The van der Waals surface area contributed by atoms with Crippen molar-refractivity contribution in [1.82, 2.24) is 14.7 Å². The quantitative estimate of drug-likeness (QED) is 0.0835. The van der Waals surface area contributed by atoms with Gasteiger partial charge in [-0.1, -0.05) is 48.5 Å². The smallest absolute Gasteiger partial charge is 0.188 e. The zero-order chi connectivity index (χ0) is 29.4. The van der Waals surface area contributed by atoms with Crippen molar-refractivity contribution in [2.24, 2.45) is 5.41 Å². The molecule has 0 saturated heterocycles. The van der Waals surface area contributed by atoms with Gasteiger partial charge in [0.15, 0.2) is 8.32 Å². The Kier molecular flexibility index (Phi) is 24.7. The zero-order valence-corrected chi connectivity index (χ0v) is 29.7. The molecule has 0 fully saturated rings. The van der Waals surface area contributed by atoms with E-state index in [1.807, 2.05) is 7.11 Å². The number of hydrogen-bond acceptors (Lipinski definition) is 4. The molecule has 4 nitrogen and oxygen atoms in total. The van der Waals surface area contributed by atoms with Gasteiger partial charge < -0.3 is 19.1 Å². The Morgan fingerprint density at radius 3 is 1.03 bits per heavy atom. The first-order valence-corrected chi connectivity index (χ1v) is 20.4. The van der Waals surface area contributed by atoms with Crippen LogP contribution in [0.1, 0.15) is 132 Å². The average molecular weight is 570 g/mol. The maximum atomic E-state index is 6.22. The summed E-state index contributed by atoms with van der Waals surface area (Å²) in [6.07, 6.45) is 17.3. The lowest BCUT2D eigenvalue weighted by Crippen LogP contribution is -2.36. The van der Waals surface area contributed by atoms with E-state index in [1.54, 1.807) is 0 Å². The highest BCUT2D eigenvalue weighted by Gasteiger charge is 2.34. The molecule has 0 N–H and O–H groups in total. The van der Waals surface area contributed by atoms with Crippen molar-refractivity contribution in [2.75, 3.05) is 66.0 Å². The topological polar surface area (TPSA) is 19.0 Å². The maximum Gasteiger partial charge on any atom is 0.188 e. The molecule has 0 spiro atoms. The van der Waals surface area contributed by atoms with Crippen LogP contribution in [0.2, 0.25) is 18.6 Å². The highest BCUT2D eigenvalue weighted by Crippen LogP contribution is 2.42. The van der Waals surface area contributed by atoms with Crippen LogP contribution < -0.4 is 0 Å². The number of hydrogen-bond donors (Lipinski definition) is 0. The fourth-order valence-corrected chi connectivity index (χ4v) is 8.54. The minimum absolute atomic E-state index is 0.472. The minimum atomic E-state index is -1.60. The Bertz CT molecular complexity index is 456. The van der Waals surface area contributed by atoms with Crippen molar-refractivity contribution >= 4 is 8.32 Å². The average Bonchev–Trinajstić information content (AvgIpc) is 2.92. The number of nitrogens with zero attached hydrogens (tertiary/aromatic N) is 3. The summed E-state index contributed by atoms with van der Waals surface area (Å²) in [5.41, 5.74) is 0.472. The van der Waals surface area contributed by atoms with Gasteiger partial charge in [-0.15, -0.1) is 0 Å². The molecule has 0 radical (unpaired) electrons. The van der Waals surface area contributed by atoms with Gasteiger partial charge in [-0.25, -0.2) is 0 Å². The molecule has 0 aromatic rings. The first-order chi connectivity index (χ1) is 18.8. The molecule has 5 heteroatoms. The molecule has 0 aliphatic rings. The fourth-order valence-electron chi connectivity index (χ4n) is 6.64. The van der Waals surface area contributed by atoms with Crippen LogP contribution in [0.3, 0.4) is 0 Å². The molecule has 0 amide bonds. The van der Waals surface area contributed by atoms with Gasteiger partial charge in [-0.3, -0.25) is 0 Å². The summed E-state index contributed by atoms with van der Waals surface area (Å²) in [5.74, 6) is 0. The van der Waals surface area contributed by atoms with Crippen LogP contribution in [0.25, 0.3) is 0 Å². The van der Waals surface area contributed by atoms with Crippen LogP contribution in [0.15, 0.2) is 0 Å². The second-order valence-electron chi connectivity index (χ2n) is 12.8. The molecule has 0 heterocycles. The number of rotatable bonds is 29. The van der Waals surface area contributed by atoms with Crippen molar-refractivity contribution in [3.8, 4) is 0 Å². The molecule has 0 aliphatic heterocycles. The third kappa shape index (κ3) is 18.3. The van der Waals surface area contributed by atoms with E-state index in [-0.39, 0.29) is 0 Å². The summed E-state index contributed by atoms with van der Waals surface area (Å²) in [6, 6.07) is 2.57. The van der Waals surface area contributed by atoms with Crippen LogP contribution in [-0.2, 0) is 4.43 Å². The van der Waals surface area contributed by atoms with Crippen molar-refractivity contribution in [3.63, 3.8) is 0 Å². The lowest BCUT2D eigenvalue weighted by atomic mass is 9.73. The lowest BCUT2D eigenvalue weighted by molar-refractivity contribution is 0.150. The first-order valence-electron chi connectivity index (χ1n) is 17.5. The van der Waals surface area contributed by atoms with Gasteiger partial charge in [0, 0.05) is 7.11 Å². The third-order valence-corrected chi connectivity index (χ3v) is 13.0. The van der Waals surface area contributed by atoms with Gasteiger partial charge in [-0.2, -0.15) is 0 Å². The third-order valence-electron chi connectivity index (χ3n) is 9.21. The van der Waals surface area contributed by atoms with E-state index in [2.05, 4.69) is 69.7 Å². The van der Waals surface area contributed by atoms with E-state index in [0.29, 0.717) is 5.41 Å². The summed E-state index contributed by atoms with van der Waals surface area (Å²) in [7, 11) is 0.394. The largest absolute Gasteiger partial charge is 0.420 e. The Balaban J connectivity index is 5.77. The van der Waals surface area contributed by atoms with Gasteiger partial charge in [-0.05, 0) is 166 Å². The molecular formula is C34H75N3OSi. The van der Waals surface area contributed by atoms with E-state index < -0.39 is 8.32 Å². The molecule has 0 aromatic heterocycles. The summed E-state index contributed by atoms with van der Waals surface area (Å²) in [5, 5.41) is 0. The van der Waals surface area contributed by atoms with Crippen molar-refractivity contribution in [2.45, 2.75) is 151 Å². The molecule has 0 bridgehead atoms. The standard InChI is InChI=1S/C34H75N3OSi/c1-10-24-35(25-11-2)30-17-20-34(23-33-39(9,16-7)38-8,21-18-31-36(26-12-3)27-13-4)22-19-32-37(28-14-5)29-15-6/h10-33H2,1-9H3. The normalized spacial score (nSPS) is 14.2. The molecule has 0 aromatic carbocycles. The van der Waals surface area contributed by atoms with Crippen LogP contribution in [0.5, 0.6) is 0 Å². The predicted molar refractivity (Wildman–Crippen MR) is 180 cm³/mol. The van der Waals surface area contributed by atoms with E-state index in [1.165, 1.54) is 154 Å². The van der Waals surface area contributed by atoms with Gasteiger partial charge in [0.25, 0.3) is 0 Å². The van der Waals surface area contributed by atoms with Gasteiger partial charge in [0.05, 0.1) is 0 Å². The Hall–Kier alpha value is 0.0569. The summed E-state index contributed by atoms with van der Waals surface area (Å²) >= 11 is 0. The van der Waals surface area contributed by atoms with E-state index in [4.69, 9.17) is 4.43 Å². The van der Waals surface area contributed by atoms with Gasteiger partial charge >= 0.3 is 0 Å². The SMILES string of the molecule is CCCN(CCC)CCCC(CCCN(CCC)CCC)(CCCN(CCC)CCC)CC[Si](C)(CC)OC. The second kappa shape index (κ2) is 24.6. The minimum Gasteiger partial charge on any atom is -0.420 e. The van der Waals surface area contributed by atoms with Crippen LogP contribution >= 0.6 is 0 Å². The second-order valence-corrected chi connectivity index (χ2v) is 17.4. The molecule has 39 heavy (non-hydrogen) atoms. The molecule has 1 unspecified atom stereocenters. The Labute approximate surface area is 249 Å². The summed E-state index contributed by atoms with van der Waals surface area (Å²) in [4.78, 5) is 8.21. The monoisotopic (exact) mass is 570 g/mol. The zero-order valence-electron chi connectivity index (χ0n) is 28.7. The molecule has 236 valence electrons. The Morgan fingerprint density at radius 2 is 0.795 bits per heavy atom. The van der Waals surface area contributed by atoms with Crippen molar-refractivity contribution in [3.05, 3.63) is 0 Å². The van der Waals surface area contributed by atoms with E-state index in [9.17, 15) is 0 Å². The molecule has 0 saturated carbocycles. The van der Waals surface area contributed by atoms with Crippen molar-refractivity contribution in [1.29, 1.82) is 0 Å². The van der Waals surface area contributed by atoms with Gasteiger partial charge in [0.2, 0.25) is 0 Å². The summed E-state index contributed by atoms with van der Waals surface area (Å²) in [6.45, 7) is 30.3. The highest BCUT2D eigenvalue weighted by molar-refractivity contribution is 6.72. The van der Waals surface area contributed by atoms with Gasteiger partial charge in [0.1, 0.15) is 0 Å². The van der Waals surface area contributed by atoms with Crippen molar-refractivity contribution < 1.29 is 4.43 Å². The van der Waals surface area contributed by atoms with Crippen LogP contribution in [0.4, 0.5) is 0 Å². The molecule has 1 atom stereocenters. The molecule has 0 aliphatic carbocycles. The van der Waals surface area contributed by atoms with Crippen LogP contribution in [0, 0.1) is 5.41 Å². The first kappa shape index (κ1) is 39.1. The van der Waals surface area contributed by atoms with E-state index in [0.717, 1.165) is 0 Å². The highest BCUT2D eigenvalue weighted by atomic mass is 28.4. The summed E-state index contributed by atoms with van der Waals surface area (Å²) < 4.78 is 6.22. The van der Waals surface area contributed by atoms with E-state index >= 15 is 0 Å². The Morgan fingerprint density at radius 1 is 0.487 bits per heavy atom. The molecule has 0 rings (SSSR count). The molecular weight excluding hydrogens is 494 g/mol. The lowest BCUT2D eigenvalue weighted by Gasteiger charge is -2.39. The predicted octanol–water partition coefficient (Wildman–Crippen LogP) is 9.31. The fraction of sp³-hybridized carbons (Fsp3) is 1.00. The van der Waals surface area contributed by atoms with Crippen LogP contribution in [-0.4, -0.2) is 89.0 Å².